The first-order chi connectivity index (χ1) is 12.1. The molecule has 0 bridgehead atoms. The number of nitrogens with one attached hydrogen (secondary N) is 1. The van der Waals surface area contributed by atoms with Crippen molar-refractivity contribution in [1.29, 1.82) is 0 Å². The van der Waals surface area contributed by atoms with E-state index in [9.17, 15) is 4.79 Å². The summed E-state index contributed by atoms with van der Waals surface area (Å²) >= 11 is 3.38. The molecule has 0 spiro atoms. The minimum absolute atomic E-state index is 0.212. The quantitative estimate of drug-likeness (QED) is 0.712. The van der Waals surface area contributed by atoms with Gasteiger partial charge in [0, 0.05) is 35.8 Å². The number of rotatable bonds is 5. The number of hydrogen-bond donors (Lipinski definition) is 1. The summed E-state index contributed by atoms with van der Waals surface area (Å²) in [5.74, 6) is 0.374. The standard InChI is InChI=1S/C18H16BrN5O/c1-24(12-15-11-20-9-10-21-15)17-16(3-2-8-22-17)18(25)23-14-6-4-13(19)5-7-14/h2-11H,12H2,1H3,(H,23,25). The third-order valence-corrected chi connectivity index (χ3v) is 4.04. The zero-order valence-corrected chi connectivity index (χ0v) is 15.1. The van der Waals surface area contributed by atoms with Crippen LogP contribution in [0.4, 0.5) is 11.5 Å². The largest absolute Gasteiger partial charge is 0.353 e. The summed E-state index contributed by atoms with van der Waals surface area (Å²) in [6, 6.07) is 10.9. The van der Waals surface area contributed by atoms with Crippen LogP contribution in [0.15, 0.2) is 65.7 Å². The molecule has 2 aromatic heterocycles. The third-order valence-electron chi connectivity index (χ3n) is 3.51. The molecule has 1 amide bonds. The maximum Gasteiger partial charge on any atom is 0.259 e. The topological polar surface area (TPSA) is 71.0 Å². The van der Waals surface area contributed by atoms with Crippen LogP contribution in [-0.4, -0.2) is 27.9 Å². The average Bonchev–Trinajstić information content (AvgIpc) is 2.64. The van der Waals surface area contributed by atoms with Crippen molar-refractivity contribution in [2.45, 2.75) is 6.54 Å². The van der Waals surface area contributed by atoms with Crippen molar-refractivity contribution in [1.82, 2.24) is 15.0 Å². The van der Waals surface area contributed by atoms with E-state index in [0.29, 0.717) is 17.9 Å². The molecular formula is C18H16BrN5O. The maximum absolute atomic E-state index is 12.7. The van der Waals surface area contributed by atoms with Gasteiger partial charge in [-0.15, -0.1) is 0 Å². The Morgan fingerprint density at radius 3 is 2.64 bits per heavy atom. The van der Waals surface area contributed by atoms with Gasteiger partial charge in [0.2, 0.25) is 0 Å². The number of hydrogen-bond acceptors (Lipinski definition) is 5. The summed E-state index contributed by atoms with van der Waals surface area (Å²) in [7, 11) is 1.87. The summed E-state index contributed by atoms with van der Waals surface area (Å²) in [5, 5.41) is 2.89. The van der Waals surface area contributed by atoms with Gasteiger partial charge in [-0.05, 0) is 36.4 Å². The molecule has 3 rings (SSSR count). The highest BCUT2D eigenvalue weighted by Crippen LogP contribution is 2.20. The van der Waals surface area contributed by atoms with E-state index in [-0.39, 0.29) is 5.91 Å². The Labute approximate surface area is 154 Å². The molecule has 0 aliphatic heterocycles. The number of amides is 1. The van der Waals surface area contributed by atoms with Crippen LogP contribution < -0.4 is 10.2 Å². The Kier molecular flexibility index (Phi) is 5.35. The number of benzene rings is 1. The molecule has 0 saturated carbocycles. The van der Waals surface area contributed by atoms with Gasteiger partial charge in [0.25, 0.3) is 5.91 Å². The van der Waals surface area contributed by atoms with Gasteiger partial charge in [-0.25, -0.2) is 4.98 Å². The molecule has 0 aliphatic rings. The van der Waals surface area contributed by atoms with Gasteiger partial charge >= 0.3 is 0 Å². The molecule has 0 fully saturated rings. The van der Waals surface area contributed by atoms with Gasteiger partial charge in [0.1, 0.15) is 5.82 Å². The number of carbonyl (C=O) groups is 1. The monoisotopic (exact) mass is 397 g/mol. The molecule has 0 unspecified atom stereocenters. The number of anilines is 2. The van der Waals surface area contributed by atoms with Crippen LogP contribution in [0.25, 0.3) is 0 Å². The van der Waals surface area contributed by atoms with Crippen molar-refractivity contribution in [3.63, 3.8) is 0 Å². The lowest BCUT2D eigenvalue weighted by atomic mass is 10.2. The van der Waals surface area contributed by atoms with Gasteiger partial charge in [-0.1, -0.05) is 15.9 Å². The highest BCUT2D eigenvalue weighted by atomic mass is 79.9. The molecule has 0 atom stereocenters. The van der Waals surface area contributed by atoms with Crippen molar-refractivity contribution >= 4 is 33.3 Å². The smallest absolute Gasteiger partial charge is 0.259 e. The molecule has 126 valence electrons. The number of halogens is 1. The molecule has 0 aliphatic carbocycles. The fourth-order valence-corrected chi connectivity index (χ4v) is 2.60. The number of aromatic nitrogens is 3. The lowest BCUT2D eigenvalue weighted by Crippen LogP contribution is -2.23. The molecule has 2 heterocycles. The lowest BCUT2D eigenvalue weighted by molar-refractivity contribution is 0.102. The summed E-state index contributed by atoms with van der Waals surface area (Å²) in [6.45, 7) is 0.503. The second kappa shape index (κ2) is 7.85. The van der Waals surface area contributed by atoms with Crippen LogP contribution in [-0.2, 0) is 6.54 Å². The van der Waals surface area contributed by atoms with Gasteiger partial charge < -0.3 is 10.2 Å². The maximum atomic E-state index is 12.7. The fraction of sp³-hybridized carbons (Fsp3) is 0.111. The lowest BCUT2D eigenvalue weighted by Gasteiger charge is -2.20. The second-order valence-electron chi connectivity index (χ2n) is 5.39. The van der Waals surface area contributed by atoms with Crippen molar-refractivity contribution in [2.75, 3.05) is 17.3 Å². The fourth-order valence-electron chi connectivity index (χ4n) is 2.34. The Bertz CT molecular complexity index is 855. The molecule has 0 radical (unpaired) electrons. The zero-order chi connectivity index (χ0) is 17.6. The van der Waals surface area contributed by atoms with Crippen LogP contribution in [0.3, 0.4) is 0 Å². The van der Waals surface area contributed by atoms with E-state index in [0.717, 1.165) is 15.9 Å². The summed E-state index contributed by atoms with van der Waals surface area (Å²) in [5.41, 5.74) is 2.02. The summed E-state index contributed by atoms with van der Waals surface area (Å²) in [4.78, 5) is 27.2. The van der Waals surface area contributed by atoms with Crippen LogP contribution in [0.1, 0.15) is 16.1 Å². The molecule has 25 heavy (non-hydrogen) atoms. The average molecular weight is 398 g/mol. The molecule has 3 aromatic rings. The van der Waals surface area contributed by atoms with E-state index in [1.54, 1.807) is 36.9 Å². The SMILES string of the molecule is CN(Cc1cnccn1)c1ncccc1C(=O)Nc1ccc(Br)cc1. The van der Waals surface area contributed by atoms with Gasteiger partial charge in [-0.2, -0.15) is 0 Å². The Hall–Kier alpha value is -2.80. The van der Waals surface area contributed by atoms with E-state index < -0.39 is 0 Å². The normalized spacial score (nSPS) is 10.3. The van der Waals surface area contributed by atoms with Crippen molar-refractivity contribution < 1.29 is 4.79 Å². The minimum Gasteiger partial charge on any atom is -0.353 e. The van der Waals surface area contributed by atoms with Crippen LogP contribution in [0.2, 0.25) is 0 Å². The van der Waals surface area contributed by atoms with Gasteiger partial charge in [-0.3, -0.25) is 14.8 Å². The molecule has 1 aromatic carbocycles. The summed E-state index contributed by atoms with van der Waals surface area (Å²) in [6.07, 6.45) is 6.63. The molecule has 7 heteroatoms. The van der Waals surface area contributed by atoms with E-state index >= 15 is 0 Å². The minimum atomic E-state index is -0.212. The third kappa shape index (κ3) is 4.39. The second-order valence-corrected chi connectivity index (χ2v) is 6.30. The van der Waals surface area contributed by atoms with Crippen LogP contribution >= 0.6 is 15.9 Å². The van der Waals surface area contributed by atoms with Gasteiger partial charge in [0.15, 0.2) is 0 Å². The first kappa shape index (κ1) is 17.0. The van der Waals surface area contributed by atoms with Crippen molar-refractivity contribution in [3.8, 4) is 0 Å². The zero-order valence-electron chi connectivity index (χ0n) is 13.6. The van der Waals surface area contributed by atoms with Crippen molar-refractivity contribution in [2.24, 2.45) is 0 Å². The predicted molar refractivity (Wildman–Crippen MR) is 100 cm³/mol. The number of carbonyl (C=O) groups excluding carboxylic acids is 1. The van der Waals surface area contributed by atoms with Crippen LogP contribution in [0.5, 0.6) is 0 Å². The Morgan fingerprint density at radius 1 is 1.12 bits per heavy atom. The molecule has 0 saturated heterocycles. The molecular weight excluding hydrogens is 382 g/mol. The van der Waals surface area contributed by atoms with Gasteiger partial charge in [0.05, 0.1) is 24.0 Å². The molecule has 1 N–H and O–H groups in total. The first-order valence-electron chi connectivity index (χ1n) is 7.61. The van der Waals surface area contributed by atoms with E-state index in [4.69, 9.17) is 0 Å². The van der Waals surface area contributed by atoms with E-state index in [1.165, 1.54) is 0 Å². The van der Waals surface area contributed by atoms with Crippen LogP contribution in [0, 0.1) is 0 Å². The van der Waals surface area contributed by atoms with E-state index in [1.807, 2.05) is 36.2 Å². The first-order valence-corrected chi connectivity index (χ1v) is 8.41. The number of nitrogens with zero attached hydrogens (tertiary/aromatic N) is 4. The highest BCUT2D eigenvalue weighted by Gasteiger charge is 2.16. The van der Waals surface area contributed by atoms with Crippen molar-refractivity contribution in [3.05, 3.63) is 76.9 Å². The summed E-state index contributed by atoms with van der Waals surface area (Å²) < 4.78 is 0.955. The molecule has 6 nitrogen and oxygen atoms in total. The predicted octanol–water partition coefficient (Wildman–Crippen LogP) is 3.52. The highest BCUT2D eigenvalue weighted by molar-refractivity contribution is 9.10. The Morgan fingerprint density at radius 2 is 1.92 bits per heavy atom. The van der Waals surface area contributed by atoms with E-state index in [2.05, 4.69) is 36.2 Å². The number of pyridine rings is 1. The Balaban J connectivity index is 1.80.